The summed E-state index contributed by atoms with van der Waals surface area (Å²) in [5.41, 5.74) is 5.91. The van der Waals surface area contributed by atoms with Crippen molar-refractivity contribution in [3.63, 3.8) is 0 Å². The minimum absolute atomic E-state index is 0.0493. The van der Waals surface area contributed by atoms with Crippen LogP contribution in [0, 0.1) is 17.8 Å². The first-order valence-electron chi connectivity index (χ1n) is 12.2. The molecule has 3 rings (SSSR count). The zero-order valence-electron chi connectivity index (χ0n) is 20.1. The van der Waals surface area contributed by atoms with Gasteiger partial charge in [0.2, 0.25) is 5.91 Å². The summed E-state index contributed by atoms with van der Waals surface area (Å²) in [6.07, 6.45) is 6.45. The van der Waals surface area contributed by atoms with Crippen molar-refractivity contribution in [2.24, 2.45) is 23.5 Å². The second-order valence-corrected chi connectivity index (χ2v) is 11.1. The van der Waals surface area contributed by atoms with Crippen LogP contribution in [0.2, 0.25) is 0 Å². The SMILES string of the molecule is CC(C)C1CCC(OC[C@H]2C(N)CCCN2C(=O)C2CN(C(=O)OC(C)(C)C)C2)CC1. The van der Waals surface area contributed by atoms with Gasteiger partial charge in [0.1, 0.15) is 5.60 Å². The summed E-state index contributed by atoms with van der Waals surface area (Å²) in [6.45, 7) is 12.3. The van der Waals surface area contributed by atoms with E-state index < -0.39 is 5.60 Å². The maximum absolute atomic E-state index is 13.2. The van der Waals surface area contributed by atoms with Crippen molar-refractivity contribution in [2.75, 3.05) is 26.2 Å². The largest absolute Gasteiger partial charge is 0.444 e. The summed E-state index contributed by atoms with van der Waals surface area (Å²) in [6, 6.07) is -0.119. The van der Waals surface area contributed by atoms with Crippen LogP contribution in [0.4, 0.5) is 4.79 Å². The van der Waals surface area contributed by atoms with E-state index >= 15 is 0 Å². The predicted molar refractivity (Wildman–Crippen MR) is 121 cm³/mol. The van der Waals surface area contributed by atoms with Crippen LogP contribution in [-0.2, 0) is 14.3 Å². The number of nitrogens with zero attached hydrogens (tertiary/aromatic N) is 2. The molecule has 0 aromatic rings. The van der Waals surface area contributed by atoms with E-state index in [0.29, 0.717) is 19.7 Å². The highest BCUT2D eigenvalue weighted by Gasteiger charge is 2.43. The number of piperidine rings is 1. The van der Waals surface area contributed by atoms with Crippen molar-refractivity contribution < 1.29 is 19.1 Å². The Morgan fingerprint density at radius 2 is 1.71 bits per heavy atom. The number of hydrogen-bond acceptors (Lipinski definition) is 5. The lowest BCUT2D eigenvalue weighted by molar-refractivity contribution is -0.147. The van der Waals surface area contributed by atoms with Crippen molar-refractivity contribution in [3.05, 3.63) is 0 Å². The molecule has 178 valence electrons. The van der Waals surface area contributed by atoms with Crippen molar-refractivity contribution in [1.82, 2.24) is 9.80 Å². The molecule has 0 bridgehead atoms. The van der Waals surface area contributed by atoms with Gasteiger partial charge in [-0.15, -0.1) is 0 Å². The van der Waals surface area contributed by atoms with E-state index in [9.17, 15) is 9.59 Å². The van der Waals surface area contributed by atoms with E-state index in [0.717, 1.165) is 44.1 Å². The molecule has 0 spiro atoms. The first-order chi connectivity index (χ1) is 14.5. The summed E-state index contributed by atoms with van der Waals surface area (Å²) in [7, 11) is 0. The van der Waals surface area contributed by atoms with Crippen molar-refractivity contribution >= 4 is 12.0 Å². The van der Waals surface area contributed by atoms with Crippen molar-refractivity contribution in [1.29, 1.82) is 0 Å². The highest BCUT2D eigenvalue weighted by molar-refractivity contribution is 5.83. The topological polar surface area (TPSA) is 85.1 Å². The Labute approximate surface area is 188 Å². The summed E-state index contributed by atoms with van der Waals surface area (Å²) >= 11 is 0. The van der Waals surface area contributed by atoms with Gasteiger partial charge in [-0.25, -0.2) is 4.79 Å². The van der Waals surface area contributed by atoms with Gasteiger partial charge in [-0.1, -0.05) is 13.8 Å². The Balaban J connectivity index is 1.49. The molecule has 1 saturated carbocycles. The van der Waals surface area contributed by atoms with E-state index in [4.69, 9.17) is 15.2 Å². The Morgan fingerprint density at radius 1 is 1.06 bits per heavy atom. The lowest BCUT2D eigenvalue weighted by Crippen LogP contribution is -2.63. The van der Waals surface area contributed by atoms with E-state index in [2.05, 4.69) is 13.8 Å². The first kappa shape index (κ1) is 24.3. The van der Waals surface area contributed by atoms with Crippen LogP contribution in [0.25, 0.3) is 0 Å². The second kappa shape index (κ2) is 10.1. The van der Waals surface area contributed by atoms with Gasteiger partial charge in [-0.05, 0) is 71.1 Å². The normalized spacial score (nSPS) is 30.3. The average molecular weight is 438 g/mol. The van der Waals surface area contributed by atoms with Gasteiger partial charge in [-0.3, -0.25) is 4.79 Å². The lowest BCUT2D eigenvalue weighted by Gasteiger charge is -2.46. The number of carbonyl (C=O) groups excluding carboxylic acids is 2. The fourth-order valence-electron chi connectivity index (χ4n) is 5.08. The molecule has 2 atom stereocenters. The van der Waals surface area contributed by atoms with E-state index in [1.54, 1.807) is 4.90 Å². The van der Waals surface area contributed by atoms with Crippen LogP contribution >= 0.6 is 0 Å². The Morgan fingerprint density at radius 3 is 2.29 bits per heavy atom. The standard InChI is InChI=1S/C24H43N3O4/c1-16(2)17-8-10-19(11-9-17)30-15-21-20(25)7-6-12-27(21)22(28)18-13-26(14-18)23(29)31-24(3,4)5/h16-21H,6-15,25H2,1-5H3/t17?,19?,20?,21-/m0/s1. The minimum Gasteiger partial charge on any atom is -0.444 e. The molecule has 0 aromatic heterocycles. The monoisotopic (exact) mass is 437 g/mol. The third kappa shape index (κ3) is 6.35. The highest BCUT2D eigenvalue weighted by Crippen LogP contribution is 2.32. The molecule has 7 heteroatoms. The smallest absolute Gasteiger partial charge is 0.410 e. The molecule has 3 aliphatic rings. The fourth-order valence-corrected chi connectivity index (χ4v) is 5.08. The number of carbonyl (C=O) groups is 2. The lowest BCUT2D eigenvalue weighted by atomic mass is 9.80. The van der Waals surface area contributed by atoms with Crippen LogP contribution in [0.3, 0.4) is 0 Å². The molecule has 2 aliphatic heterocycles. The molecule has 0 aromatic carbocycles. The molecule has 7 nitrogen and oxygen atoms in total. The van der Waals surface area contributed by atoms with Gasteiger partial charge in [0.05, 0.1) is 24.7 Å². The summed E-state index contributed by atoms with van der Waals surface area (Å²) in [4.78, 5) is 28.9. The zero-order chi connectivity index (χ0) is 22.8. The quantitative estimate of drug-likeness (QED) is 0.712. The second-order valence-electron chi connectivity index (χ2n) is 11.1. The Bertz CT molecular complexity index is 619. The third-order valence-electron chi connectivity index (χ3n) is 7.16. The molecule has 2 N–H and O–H groups in total. The number of likely N-dealkylation sites (tertiary alicyclic amines) is 2. The zero-order valence-corrected chi connectivity index (χ0v) is 20.1. The molecule has 0 radical (unpaired) electrons. The van der Waals surface area contributed by atoms with Gasteiger partial charge >= 0.3 is 6.09 Å². The van der Waals surface area contributed by atoms with Gasteiger partial charge in [0, 0.05) is 25.7 Å². The maximum Gasteiger partial charge on any atom is 0.410 e. The summed E-state index contributed by atoms with van der Waals surface area (Å²) in [5, 5.41) is 0. The molecule has 2 saturated heterocycles. The van der Waals surface area contributed by atoms with E-state index in [1.165, 1.54) is 12.8 Å². The molecule has 1 unspecified atom stereocenters. The number of hydrogen-bond donors (Lipinski definition) is 1. The number of rotatable bonds is 5. The van der Waals surface area contributed by atoms with Crippen LogP contribution in [0.5, 0.6) is 0 Å². The van der Waals surface area contributed by atoms with Gasteiger partial charge < -0.3 is 25.0 Å². The molecular formula is C24H43N3O4. The summed E-state index contributed by atoms with van der Waals surface area (Å²) in [5.74, 6) is 1.49. The average Bonchev–Trinajstić information content (AvgIpc) is 2.64. The van der Waals surface area contributed by atoms with E-state index in [1.807, 2.05) is 25.7 Å². The predicted octanol–water partition coefficient (Wildman–Crippen LogP) is 3.40. The minimum atomic E-state index is -0.525. The highest BCUT2D eigenvalue weighted by atomic mass is 16.6. The molecule has 3 fully saturated rings. The third-order valence-corrected chi connectivity index (χ3v) is 7.16. The van der Waals surface area contributed by atoms with Gasteiger partial charge in [0.15, 0.2) is 0 Å². The Hall–Kier alpha value is -1.34. The van der Waals surface area contributed by atoms with Crippen LogP contribution < -0.4 is 5.73 Å². The fraction of sp³-hybridized carbons (Fsp3) is 0.917. The van der Waals surface area contributed by atoms with Crippen LogP contribution in [0.15, 0.2) is 0 Å². The maximum atomic E-state index is 13.2. The molecular weight excluding hydrogens is 394 g/mol. The van der Waals surface area contributed by atoms with E-state index in [-0.39, 0.29) is 36.1 Å². The van der Waals surface area contributed by atoms with Gasteiger partial charge in [-0.2, -0.15) is 0 Å². The van der Waals surface area contributed by atoms with Crippen LogP contribution in [-0.4, -0.2) is 71.8 Å². The molecule has 1 aliphatic carbocycles. The first-order valence-corrected chi connectivity index (χ1v) is 12.2. The van der Waals surface area contributed by atoms with Crippen LogP contribution in [0.1, 0.15) is 73.1 Å². The summed E-state index contributed by atoms with van der Waals surface area (Å²) < 4.78 is 11.7. The van der Waals surface area contributed by atoms with Crippen molar-refractivity contribution in [3.8, 4) is 0 Å². The molecule has 31 heavy (non-hydrogen) atoms. The molecule has 2 heterocycles. The van der Waals surface area contributed by atoms with Crippen molar-refractivity contribution in [2.45, 2.75) is 96.9 Å². The number of nitrogens with two attached hydrogens (primary N) is 1. The van der Waals surface area contributed by atoms with Gasteiger partial charge in [0.25, 0.3) is 0 Å². The molecule has 2 amide bonds. The Kier molecular flexibility index (Phi) is 7.90. The number of ether oxygens (including phenoxy) is 2. The number of amides is 2.